The molecular weight excluding hydrogens is 198 g/mol. The Bertz CT molecular complexity index is 494. The van der Waals surface area contributed by atoms with Crippen molar-refractivity contribution in [1.29, 1.82) is 0 Å². The maximum absolute atomic E-state index is 9.23. The van der Waals surface area contributed by atoms with Gasteiger partial charge in [-0.05, 0) is 31.0 Å². The summed E-state index contributed by atoms with van der Waals surface area (Å²) in [6.45, 7) is 4.22. The highest BCUT2D eigenvalue weighted by atomic mass is 16.3. The Balaban J connectivity index is 2.52. The topological polar surface area (TPSA) is 25.2 Å². The normalized spacial score (nSPS) is 10.8. The van der Waals surface area contributed by atoms with Crippen molar-refractivity contribution in [2.24, 2.45) is 7.05 Å². The van der Waals surface area contributed by atoms with Crippen molar-refractivity contribution < 1.29 is 5.11 Å². The minimum absolute atomic E-state index is 0.103. The predicted molar refractivity (Wildman–Crippen MR) is 66.2 cm³/mol. The fraction of sp³-hybridized carbons (Fsp3) is 0.286. The molecule has 1 aromatic heterocycles. The van der Waals surface area contributed by atoms with Gasteiger partial charge in [0.05, 0.1) is 6.61 Å². The van der Waals surface area contributed by atoms with Crippen molar-refractivity contribution in [1.82, 2.24) is 4.57 Å². The first-order valence-electron chi connectivity index (χ1n) is 5.46. The molecule has 1 aromatic carbocycles. The first kappa shape index (κ1) is 11.0. The molecule has 84 valence electrons. The average Bonchev–Trinajstić information content (AvgIpc) is 2.57. The molecule has 0 atom stereocenters. The lowest BCUT2D eigenvalue weighted by Gasteiger charge is -2.05. The molecule has 0 amide bonds. The third-order valence-electron chi connectivity index (χ3n) is 3.16. The highest BCUT2D eigenvalue weighted by Gasteiger charge is 2.09. The summed E-state index contributed by atoms with van der Waals surface area (Å²) in [5.74, 6) is 0. The SMILES string of the molecule is Cc1ccc(-c2cc(CO)c(C)n2C)cc1. The van der Waals surface area contributed by atoms with E-state index in [9.17, 15) is 5.11 Å². The molecule has 1 heterocycles. The van der Waals surface area contributed by atoms with Crippen LogP contribution in [0, 0.1) is 13.8 Å². The van der Waals surface area contributed by atoms with Crippen LogP contribution in [-0.2, 0) is 13.7 Å². The van der Waals surface area contributed by atoms with Gasteiger partial charge in [0.15, 0.2) is 0 Å². The number of rotatable bonds is 2. The standard InChI is InChI=1S/C14H17NO/c1-10-4-6-12(7-5-10)14-8-13(9-16)11(2)15(14)3/h4-8,16H,9H2,1-3H3. The number of aryl methyl sites for hydroxylation is 1. The summed E-state index contributed by atoms with van der Waals surface area (Å²) < 4.78 is 2.12. The Morgan fingerprint density at radius 2 is 1.75 bits per heavy atom. The second kappa shape index (κ2) is 4.14. The summed E-state index contributed by atoms with van der Waals surface area (Å²) in [5.41, 5.74) is 5.73. The lowest BCUT2D eigenvalue weighted by Crippen LogP contribution is -1.95. The maximum Gasteiger partial charge on any atom is 0.0699 e. The number of aliphatic hydroxyl groups is 1. The summed E-state index contributed by atoms with van der Waals surface area (Å²) >= 11 is 0. The van der Waals surface area contributed by atoms with Crippen LogP contribution in [-0.4, -0.2) is 9.67 Å². The zero-order chi connectivity index (χ0) is 11.7. The number of hydrogen-bond acceptors (Lipinski definition) is 1. The van der Waals surface area contributed by atoms with Crippen LogP contribution < -0.4 is 0 Å². The van der Waals surface area contributed by atoms with E-state index in [0.29, 0.717) is 0 Å². The summed E-state index contributed by atoms with van der Waals surface area (Å²) in [6.07, 6.45) is 0. The van der Waals surface area contributed by atoms with Crippen LogP contribution in [0.2, 0.25) is 0 Å². The Morgan fingerprint density at radius 1 is 1.12 bits per heavy atom. The number of nitrogens with zero attached hydrogens (tertiary/aromatic N) is 1. The molecule has 0 radical (unpaired) electrons. The van der Waals surface area contributed by atoms with Gasteiger partial charge >= 0.3 is 0 Å². The predicted octanol–water partition coefficient (Wildman–Crippen LogP) is 2.80. The molecule has 0 saturated heterocycles. The van der Waals surface area contributed by atoms with E-state index in [1.54, 1.807) is 0 Å². The molecule has 0 unspecified atom stereocenters. The first-order valence-corrected chi connectivity index (χ1v) is 5.46. The van der Waals surface area contributed by atoms with E-state index < -0.39 is 0 Å². The Hall–Kier alpha value is -1.54. The van der Waals surface area contributed by atoms with Crippen molar-refractivity contribution in [2.45, 2.75) is 20.5 Å². The number of hydrogen-bond donors (Lipinski definition) is 1. The fourth-order valence-electron chi connectivity index (χ4n) is 1.92. The summed E-state index contributed by atoms with van der Waals surface area (Å²) in [5, 5.41) is 9.23. The van der Waals surface area contributed by atoms with E-state index in [-0.39, 0.29) is 6.61 Å². The van der Waals surface area contributed by atoms with E-state index in [0.717, 1.165) is 17.0 Å². The Morgan fingerprint density at radius 3 is 2.25 bits per heavy atom. The average molecular weight is 215 g/mol. The molecule has 2 rings (SSSR count). The molecule has 1 N–H and O–H groups in total. The van der Waals surface area contributed by atoms with Gasteiger partial charge in [-0.15, -0.1) is 0 Å². The quantitative estimate of drug-likeness (QED) is 0.818. The molecular formula is C14H17NO. The van der Waals surface area contributed by atoms with Crippen molar-refractivity contribution in [3.63, 3.8) is 0 Å². The lowest BCUT2D eigenvalue weighted by molar-refractivity contribution is 0.281. The fourth-order valence-corrected chi connectivity index (χ4v) is 1.92. The lowest BCUT2D eigenvalue weighted by atomic mass is 10.1. The van der Waals surface area contributed by atoms with Crippen LogP contribution in [0.5, 0.6) is 0 Å². The molecule has 0 spiro atoms. The van der Waals surface area contributed by atoms with E-state index in [1.807, 2.05) is 14.0 Å². The largest absolute Gasteiger partial charge is 0.392 e. The van der Waals surface area contributed by atoms with Gasteiger partial charge in [-0.2, -0.15) is 0 Å². The molecule has 0 saturated carbocycles. The zero-order valence-electron chi connectivity index (χ0n) is 9.99. The van der Waals surface area contributed by atoms with Crippen LogP contribution in [0.25, 0.3) is 11.3 Å². The molecule has 2 nitrogen and oxygen atoms in total. The summed E-state index contributed by atoms with van der Waals surface area (Å²) in [4.78, 5) is 0. The van der Waals surface area contributed by atoms with Gasteiger partial charge in [-0.3, -0.25) is 0 Å². The van der Waals surface area contributed by atoms with Gasteiger partial charge in [0.1, 0.15) is 0 Å². The van der Waals surface area contributed by atoms with Gasteiger partial charge in [0.25, 0.3) is 0 Å². The Labute approximate surface area is 96.2 Å². The summed E-state index contributed by atoms with van der Waals surface area (Å²) in [6, 6.07) is 10.5. The van der Waals surface area contributed by atoms with Gasteiger partial charge < -0.3 is 9.67 Å². The molecule has 16 heavy (non-hydrogen) atoms. The smallest absolute Gasteiger partial charge is 0.0699 e. The van der Waals surface area contributed by atoms with Crippen molar-refractivity contribution in [2.75, 3.05) is 0 Å². The highest BCUT2D eigenvalue weighted by Crippen LogP contribution is 2.25. The minimum Gasteiger partial charge on any atom is -0.392 e. The van der Waals surface area contributed by atoms with Gasteiger partial charge in [0.2, 0.25) is 0 Å². The van der Waals surface area contributed by atoms with Crippen LogP contribution in [0.3, 0.4) is 0 Å². The Kier molecular flexibility index (Phi) is 2.84. The number of aromatic nitrogens is 1. The highest BCUT2D eigenvalue weighted by molar-refractivity contribution is 5.62. The van der Waals surface area contributed by atoms with Crippen LogP contribution in [0.15, 0.2) is 30.3 Å². The van der Waals surface area contributed by atoms with Crippen LogP contribution >= 0.6 is 0 Å². The van der Waals surface area contributed by atoms with Gasteiger partial charge in [0, 0.05) is 18.4 Å². The monoisotopic (exact) mass is 215 g/mol. The van der Waals surface area contributed by atoms with Crippen molar-refractivity contribution >= 4 is 0 Å². The molecule has 2 heteroatoms. The second-order valence-corrected chi connectivity index (χ2v) is 4.22. The molecule has 0 aliphatic heterocycles. The third kappa shape index (κ3) is 1.76. The van der Waals surface area contributed by atoms with E-state index in [1.165, 1.54) is 11.1 Å². The summed E-state index contributed by atoms with van der Waals surface area (Å²) in [7, 11) is 2.03. The minimum atomic E-state index is 0.103. The molecule has 2 aromatic rings. The van der Waals surface area contributed by atoms with Gasteiger partial charge in [-0.25, -0.2) is 0 Å². The maximum atomic E-state index is 9.23. The van der Waals surface area contributed by atoms with Gasteiger partial charge in [-0.1, -0.05) is 29.8 Å². The molecule has 0 aliphatic carbocycles. The van der Waals surface area contributed by atoms with E-state index in [2.05, 4.69) is 41.8 Å². The first-order chi connectivity index (χ1) is 7.63. The van der Waals surface area contributed by atoms with Crippen LogP contribution in [0.4, 0.5) is 0 Å². The number of aliphatic hydroxyl groups excluding tert-OH is 1. The van der Waals surface area contributed by atoms with Crippen LogP contribution in [0.1, 0.15) is 16.8 Å². The van der Waals surface area contributed by atoms with E-state index >= 15 is 0 Å². The van der Waals surface area contributed by atoms with E-state index in [4.69, 9.17) is 0 Å². The molecule has 0 bridgehead atoms. The third-order valence-corrected chi connectivity index (χ3v) is 3.16. The number of benzene rings is 1. The zero-order valence-corrected chi connectivity index (χ0v) is 9.99. The molecule has 0 fully saturated rings. The second-order valence-electron chi connectivity index (χ2n) is 4.22. The van der Waals surface area contributed by atoms with Crippen molar-refractivity contribution in [3.05, 3.63) is 47.2 Å². The van der Waals surface area contributed by atoms with Crippen molar-refractivity contribution in [3.8, 4) is 11.3 Å². The molecule has 0 aliphatic rings.